The first-order valence-corrected chi connectivity index (χ1v) is 13.3. The fourth-order valence-electron chi connectivity index (χ4n) is 9.45. The minimum Gasteiger partial charge on any atom is -0.504 e. The summed E-state index contributed by atoms with van der Waals surface area (Å²) in [4.78, 5) is 40.5. The molecule has 2 N–H and O–H groups in total. The van der Waals surface area contributed by atoms with Gasteiger partial charge in [0, 0.05) is 22.5 Å². The first-order valence-electron chi connectivity index (χ1n) is 13.3. The average molecular weight is 497 g/mol. The van der Waals surface area contributed by atoms with Crippen LogP contribution in [-0.4, -0.2) is 34.9 Å². The van der Waals surface area contributed by atoms with E-state index in [1.807, 2.05) is 6.92 Å². The Bertz CT molecular complexity index is 1200. The van der Waals surface area contributed by atoms with Crippen molar-refractivity contribution in [3.8, 4) is 11.5 Å². The first-order chi connectivity index (χ1) is 16.6. The average Bonchev–Trinajstić information content (AvgIpc) is 2.83. The maximum absolute atomic E-state index is 14.0. The van der Waals surface area contributed by atoms with Crippen molar-refractivity contribution in [3.63, 3.8) is 0 Å². The van der Waals surface area contributed by atoms with Crippen LogP contribution >= 0.6 is 0 Å². The first kappa shape index (κ1) is 25.3. The lowest BCUT2D eigenvalue weighted by Crippen LogP contribution is -2.68. The van der Waals surface area contributed by atoms with Crippen molar-refractivity contribution in [2.45, 2.75) is 91.9 Å². The smallest absolute Gasteiger partial charge is 0.311 e. The van der Waals surface area contributed by atoms with Gasteiger partial charge < -0.3 is 14.9 Å². The molecule has 5 rings (SSSR count). The summed E-state index contributed by atoms with van der Waals surface area (Å²) in [6, 6.07) is 1.52. The summed E-state index contributed by atoms with van der Waals surface area (Å²) in [7, 11) is 1.46. The second-order valence-corrected chi connectivity index (χ2v) is 13.6. The molecule has 0 aromatic heterocycles. The molecule has 7 unspecified atom stereocenters. The topological polar surface area (TPSA) is 101 Å². The highest BCUT2D eigenvalue weighted by Gasteiger charge is 2.71. The van der Waals surface area contributed by atoms with Crippen molar-refractivity contribution < 1.29 is 29.3 Å². The van der Waals surface area contributed by atoms with Gasteiger partial charge in [-0.2, -0.15) is 0 Å². The van der Waals surface area contributed by atoms with Gasteiger partial charge in [-0.3, -0.25) is 14.4 Å². The predicted octanol–water partition coefficient (Wildman–Crippen LogP) is 5.63. The van der Waals surface area contributed by atoms with E-state index < -0.39 is 27.9 Å². The van der Waals surface area contributed by atoms with Crippen LogP contribution < -0.4 is 0 Å². The third-order valence-electron chi connectivity index (χ3n) is 12.0. The van der Waals surface area contributed by atoms with E-state index in [2.05, 4.69) is 27.7 Å². The highest BCUT2D eigenvalue weighted by atomic mass is 16.5. The van der Waals surface area contributed by atoms with E-state index >= 15 is 0 Å². The number of ether oxygens (including phenoxy) is 1. The molecule has 4 aliphatic rings. The number of benzene rings is 1. The highest BCUT2D eigenvalue weighted by molar-refractivity contribution is 6.46. The van der Waals surface area contributed by atoms with Crippen molar-refractivity contribution in [1.82, 2.24) is 0 Å². The van der Waals surface area contributed by atoms with Gasteiger partial charge >= 0.3 is 5.97 Å². The largest absolute Gasteiger partial charge is 0.504 e. The van der Waals surface area contributed by atoms with Crippen LogP contribution in [0.2, 0.25) is 0 Å². The zero-order valence-corrected chi connectivity index (χ0v) is 22.7. The van der Waals surface area contributed by atoms with Gasteiger partial charge in [0.1, 0.15) is 0 Å². The number of hydrogen-bond donors (Lipinski definition) is 2. The number of rotatable bonds is 1. The maximum Gasteiger partial charge on any atom is 0.311 e. The zero-order chi connectivity index (χ0) is 26.6. The van der Waals surface area contributed by atoms with E-state index in [0.29, 0.717) is 12.0 Å². The third kappa shape index (κ3) is 2.82. The maximum atomic E-state index is 14.0. The van der Waals surface area contributed by atoms with Gasteiger partial charge in [-0.05, 0) is 92.6 Å². The second kappa shape index (κ2) is 7.35. The third-order valence-corrected chi connectivity index (χ3v) is 12.0. The molecule has 7 atom stereocenters. The monoisotopic (exact) mass is 496 g/mol. The van der Waals surface area contributed by atoms with Crippen LogP contribution in [0.25, 0.3) is 0 Å². The van der Waals surface area contributed by atoms with Gasteiger partial charge in [0.15, 0.2) is 11.5 Å². The normalized spacial score (nSPS) is 43.6. The number of carbonyl (C=O) groups is 3. The fourth-order valence-corrected chi connectivity index (χ4v) is 9.45. The number of fused-ring (bicyclic) bond motifs is 7. The molecule has 3 saturated carbocycles. The van der Waals surface area contributed by atoms with E-state index in [-0.39, 0.29) is 51.1 Å². The molecular weight excluding hydrogens is 456 g/mol. The number of carbonyl (C=O) groups excluding carboxylic acids is 3. The molecule has 1 aromatic rings. The molecule has 1 aromatic carbocycles. The van der Waals surface area contributed by atoms with Crippen LogP contribution in [0.1, 0.15) is 101 Å². The summed E-state index contributed by atoms with van der Waals surface area (Å²) >= 11 is 0. The SMILES string of the molecule is COC(=O)C1(C)CCC2(C)CCC3(C)C4C(=O)C(=O)c5c(cc(O)c(O)c5C)C4(C)CCC3(C)C2C1. The van der Waals surface area contributed by atoms with Crippen molar-refractivity contribution in [2.24, 2.45) is 33.5 Å². The van der Waals surface area contributed by atoms with Crippen molar-refractivity contribution >= 4 is 17.5 Å². The van der Waals surface area contributed by atoms with Gasteiger partial charge in [-0.1, -0.05) is 27.7 Å². The molecule has 196 valence electrons. The van der Waals surface area contributed by atoms with Gasteiger partial charge in [0.2, 0.25) is 11.6 Å². The Kier molecular flexibility index (Phi) is 5.16. The zero-order valence-electron chi connectivity index (χ0n) is 22.7. The summed E-state index contributed by atoms with van der Waals surface area (Å²) in [5.41, 5.74) is -0.596. The lowest BCUT2D eigenvalue weighted by molar-refractivity contribution is -0.211. The number of phenols is 2. The molecule has 0 radical (unpaired) electrons. The lowest BCUT2D eigenvalue weighted by atomic mass is 9.32. The number of methoxy groups -OCH3 is 1. The summed E-state index contributed by atoms with van der Waals surface area (Å²) in [6.45, 7) is 12.5. The second-order valence-electron chi connectivity index (χ2n) is 13.6. The van der Waals surface area contributed by atoms with Gasteiger partial charge in [-0.15, -0.1) is 0 Å². The van der Waals surface area contributed by atoms with Crippen LogP contribution in [0.4, 0.5) is 0 Å². The number of phenolic OH excluding ortho intramolecular Hbond substituents is 2. The molecule has 0 spiro atoms. The van der Waals surface area contributed by atoms with Crippen molar-refractivity contribution in [1.29, 1.82) is 0 Å². The number of ketones is 2. The molecule has 0 aliphatic heterocycles. The Balaban J connectivity index is 1.67. The van der Waals surface area contributed by atoms with E-state index in [4.69, 9.17) is 4.74 Å². The van der Waals surface area contributed by atoms with Gasteiger partial charge in [0.25, 0.3) is 0 Å². The van der Waals surface area contributed by atoms with Crippen LogP contribution in [0.15, 0.2) is 6.07 Å². The summed E-state index contributed by atoms with van der Waals surface area (Å²) in [6.07, 6.45) is 5.80. The standard InChI is InChI=1S/C30H40O6/c1-16-20-17(14-18(31)21(16)32)28(4)11-13-29(5)19-15-27(3,25(35)36-7)9-8-26(19,2)10-12-30(29,6)24(28)23(34)22(20)33/h14,19,24,31-32H,8-13,15H2,1-7H3. The molecule has 6 nitrogen and oxygen atoms in total. The minimum absolute atomic E-state index is 0.0653. The molecule has 0 amide bonds. The Morgan fingerprint density at radius 1 is 0.944 bits per heavy atom. The number of hydrogen-bond acceptors (Lipinski definition) is 6. The number of aromatic hydroxyl groups is 2. The number of esters is 1. The van der Waals surface area contributed by atoms with Crippen LogP contribution in [0.3, 0.4) is 0 Å². The summed E-state index contributed by atoms with van der Waals surface area (Å²) < 4.78 is 5.22. The van der Waals surface area contributed by atoms with Crippen molar-refractivity contribution in [2.75, 3.05) is 7.11 Å². The molecule has 3 fully saturated rings. The van der Waals surface area contributed by atoms with Crippen molar-refractivity contribution in [3.05, 3.63) is 22.8 Å². The van der Waals surface area contributed by atoms with Crippen LogP contribution in [0, 0.1) is 40.4 Å². The summed E-state index contributed by atoms with van der Waals surface area (Å²) in [5, 5.41) is 20.8. The van der Waals surface area contributed by atoms with E-state index in [0.717, 1.165) is 38.5 Å². The Morgan fingerprint density at radius 2 is 1.56 bits per heavy atom. The Labute approximate surface area is 213 Å². The van der Waals surface area contributed by atoms with Crippen LogP contribution in [0.5, 0.6) is 11.5 Å². The van der Waals surface area contributed by atoms with E-state index in [1.165, 1.54) is 13.2 Å². The highest BCUT2D eigenvalue weighted by Crippen LogP contribution is 2.75. The predicted molar refractivity (Wildman–Crippen MR) is 135 cm³/mol. The fraction of sp³-hybridized carbons (Fsp3) is 0.700. The minimum atomic E-state index is -0.626. The Hall–Kier alpha value is -2.37. The van der Waals surface area contributed by atoms with Crippen LogP contribution in [-0.2, 0) is 19.7 Å². The quantitative estimate of drug-likeness (QED) is 0.297. The summed E-state index contributed by atoms with van der Waals surface area (Å²) in [5.74, 6) is -1.98. The Morgan fingerprint density at radius 3 is 2.19 bits per heavy atom. The molecule has 6 heteroatoms. The van der Waals surface area contributed by atoms with E-state index in [9.17, 15) is 24.6 Å². The molecule has 0 heterocycles. The lowest BCUT2D eigenvalue weighted by Gasteiger charge is -2.71. The molecule has 4 aliphatic carbocycles. The van der Waals surface area contributed by atoms with Gasteiger partial charge in [-0.25, -0.2) is 0 Å². The molecule has 0 bridgehead atoms. The van der Waals surface area contributed by atoms with E-state index in [1.54, 1.807) is 6.92 Å². The molecular formula is C30H40O6. The molecule has 36 heavy (non-hydrogen) atoms. The number of Topliss-reactive ketones (excluding diaryl/α,β-unsaturated/α-hetero) is 2. The van der Waals surface area contributed by atoms with Gasteiger partial charge in [0.05, 0.1) is 12.5 Å². The molecule has 0 saturated heterocycles.